The van der Waals surface area contributed by atoms with Crippen molar-refractivity contribution in [3.63, 3.8) is 0 Å². The Bertz CT molecular complexity index is 366. The summed E-state index contributed by atoms with van der Waals surface area (Å²) in [4.78, 5) is 4.95. The zero-order chi connectivity index (χ0) is 13.7. The standard InChI is InChI=1S/C16H26N2O/c1-14(2)19-13-16-12-18(10-9-17(16)3)11-15-7-5-4-6-8-15/h4-8,14,16H,9-13H2,1-3H3/t16-/m1/s1. The van der Waals surface area contributed by atoms with Gasteiger partial charge < -0.3 is 4.74 Å². The SMILES string of the molecule is CC(C)OC[C@H]1CN(Cc2ccccc2)CCN1C. The second kappa shape index (κ2) is 7.04. The van der Waals surface area contributed by atoms with Crippen LogP contribution in [0.15, 0.2) is 30.3 Å². The zero-order valence-electron chi connectivity index (χ0n) is 12.4. The topological polar surface area (TPSA) is 15.7 Å². The molecule has 1 saturated heterocycles. The maximum Gasteiger partial charge on any atom is 0.0637 e. The van der Waals surface area contributed by atoms with Crippen molar-refractivity contribution in [2.24, 2.45) is 0 Å². The molecule has 1 aliphatic heterocycles. The minimum absolute atomic E-state index is 0.317. The second-order valence-corrected chi connectivity index (χ2v) is 5.74. The number of likely N-dealkylation sites (N-methyl/N-ethyl adjacent to an activating group) is 1. The van der Waals surface area contributed by atoms with Gasteiger partial charge in [-0.05, 0) is 26.5 Å². The average molecular weight is 262 g/mol. The number of benzene rings is 1. The summed E-state index contributed by atoms with van der Waals surface area (Å²) in [5.41, 5.74) is 1.40. The molecule has 0 saturated carbocycles. The maximum atomic E-state index is 5.78. The molecule has 3 nitrogen and oxygen atoms in total. The van der Waals surface area contributed by atoms with Crippen molar-refractivity contribution >= 4 is 0 Å². The monoisotopic (exact) mass is 262 g/mol. The number of rotatable bonds is 5. The Morgan fingerprint density at radius 2 is 1.95 bits per heavy atom. The lowest BCUT2D eigenvalue weighted by Gasteiger charge is -2.39. The van der Waals surface area contributed by atoms with Crippen LogP contribution in [0.5, 0.6) is 0 Å². The van der Waals surface area contributed by atoms with E-state index in [9.17, 15) is 0 Å². The number of ether oxygens (including phenoxy) is 1. The molecular formula is C16H26N2O. The van der Waals surface area contributed by atoms with E-state index in [0.29, 0.717) is 12.1 Å². The minimum atomic E-state index is 0.317. The van der Waals surface area contributed by atoms with Gasteiger partial charge in [0.1, 0.15) is 0 Å². The van der Waals surface area contributed by atoms with Gasteiger partial charge in [-0.2, -0.15) is 0 Å². The fourth-order valence-electron chi connectivity index (χ4n) is 2.48. The first-order valence-corrected chi connectivity index (χ1v) is 7.23. The molecule has 1 fully saturated rings. The fourth-order valence-corrected chi connectivity index (χ4v) is 2.48. The van der Waals surface area contributed by atoms with Gasteiger partial charge >= 0.3 is 0 Å². The third kappa shape index (κ3) is 4.60. The molecule has 0 amide bonds. The molecular weight excluding hydrogens is 236 g/mol. The lowest BCUT2D eigenvalue weighted by molar-refractivity contribution is -0.00270. The summed E-state index contributed by atoms with van der Waals surface area (Å²) < 4.78 is 5.78. The first-order valence-electron chi connectivity index (χ1n) is 7.23. The number of hydrogen-bond acceptors (Lipinski definition) is 3. The highest BCUT2D eigenvalue weighted by Gasteiger charge is 2.24. The van der Waals surface area contributed by atoms with Crippen LogP contribution in [0.2, 0.25) is 0 Å². The number of hydrogen-bond donors (Lipinski definition) is 0. The zero-order valence-corrected chi connectivity index (χ0v) is 12.4. The van der Waals surface area contributed by atoms with Crippen LogP contribution in [0, 0.1) is 0 Å². The molecule has 2 rings (SSSR count). The molecule has 1 aromatic carbocycles. The summed E-state index contributed by atoms with van der Waals surface area (Å²) in [6, 6.07) is 11.2. The van der Waals surface area contributed by atoms with Gasteiger partial charge in [-0.3, -0.25) is 9.80 Å². The van der Waals surface area contributed by atoms with Gasteiger partial charge in [0, 0.05) is 32.2 Å². The van der Waals surface area contributed by atoms with E-state index in [4.69, 9.17) is 4.74 Å². The lowest BCUT2D eigenvalue weighted by Crippen LogP contribution is -2.53. The van der Waals surface area contributed by atoms with E-state index in [1.165, 1.54) is 5.56 Å². The predicted octanol–water partition coefficient (Wildman–Crippen LogP) is 2.23. The molecule has 0 aromatic heterocycles. The van der Waals surface area contributed by atoms with E-state index in [-0.39, 0.29) is 0 Å². The third-order valence-corrected chi connectivity index (χ3v) is 3.73. The van der Waals surface area contributed by atoms with Crippen molar-refractivity contribution in [1.29, 1.82) is 0 Å². The summed E-state index contributed by atoms with van der Waals surface area (Å²) in [5, 5.41) is 0. The van der Waals surface area contributed by atoms with Gasteiger partial charge in [-0.25, -0.2) is 0 Å². The van der Waals surface area contributed by atoms with E-state index in [1.807, 2.05) is 0 Å². The van der Waals surface area contributed by atoms with Crippen molar-refractivity contribution in [2.75, 3.05) is 33.3 Å². The van der Waals surface area contributed by atoms with E-state index in [0.717, 1.165) is 32.8 Å². The molecule has 0 N–H and O–H groups in total. The molecule has 0 unspecified atom stereocenters. The molecule has 0 aliphatic carbocycles. The molecule has 1 heterocycles. The van der Waals surface area contributed by atoms with Crippen molar-refractivity contribution in [2.45, 2.75) is 32.5 Å². The van der Waals surface area contributed by atoms with Gasteiger partial charge in [-0.1, -0.05) is 30.3 Å². The molecule has 1 aliphatic rings. The van der Waals surface area contributed by atoms with Crippen molar-refractivity contribution in [3.8, 4) is 0 Å². The van der Waals surface area contributed by atoms with Crippen LogP contribution < -0.4 is 0 Å². The number of nitrogens with zero attached hydrogens (tertiary/aromatic N) is 2. The summed E-state index contributed by atoms with van der Waals surface area (Å²) >= 11 is 0. The van der Waals surface area contributed by atoms with Crippen LogP contribution >= 0.6 is 0 Å². The Balaban J connectivity index is 1.86. The third-order valence-electron chi connectivity index (χ3n) is 3.73. The van der Waals surface area contributed by atoms with Crippen LogP contribution in [0.1, 0.15) is 19.4 Å². The van der Waals surface area contributed by atoms with E-state index >= 15 is 0 Å². The highest BCUT2D eigenvalue weighted by molar-refractivity contribution is 5.14. The second-order valence-electron chi connectivity index (χ2n) is 5.74. The molecule has 19 heavy (non-hydrogen) atoms. The quantitative estimate of drug-likeness (QED) is 0.809. The van der Waals surface area contributed by atoms with E-state index < -0.39 is 0 Å². The first kappa shape index (κ1) is 14.5. The molecule has 106 valence electrons. The van der Waals surface area contributed by atoms with E-state index in [1.54, 1.807) is 0 Å². The van der Waals surface area contributed by atoms with Crippen molar-refractivity contribution in [1.82, 2.24) is 9.80 Å². The molecule has 1 aromatic rings. The van der Waals surface area contributed by atoms with Crippen LogP contribution in [0.4, 0.5) is 0 Å². The van der Waals surface area contributed by atoms with Crippen LogP contribution in [0.3, 0.4) is 0 Å². The molecule has 0 spiro atoms. The van der Waals surface area contributed by atoms with Gasteiger partial charge in [0.05, 0.1) is 12.7 Å². The Labute approximate surface area is 117 Å². The highest BCUT2D eigenvalue weighted by Crippen LogP contribution is 2.12. The fraction of sp³-hybridized carbons (Fsp3) is 0.625. The van der Waals surface area contributed by atoms with Crippen molar-refractivity contribution in [3.05, 3.63) is 35.9 Å². The Morgan fingerprint density at radius 3 is 2.63 bits per heavy atom. The predicted molar refractivity (Wildman–Crippen MR) is 79.2 cm³/mol. The summed E-state index contributed by atoms with van der Waals surface area (Å²) in [6.07, 6.45) is 0.317. The van der Waals surface area contributed by atoms with E-state index in [2.05, 4.69) is 61.0 Å². The van der Waals surface area contributed by atoms with Crippen LogP contribution in [-0.4, -0.2) is 55.2 Å². The van der Waals surface area contributed by atoms with Gasteiger partial charge in [-0.15, -0.1) is 0 Å². The Kier molecular flexibility index (Phi) is 5.37. The smallest absolute Gasteiger partial charge is 0.0637 e. The van der Waals surface area contributed by atoms with Gasteiger partial charge in [0.25, 0.3) is 0 Å². The molecule has 0 radical (unpaired) electrons. The van der Waals surface area contributed by atoms with Crippen LogP contribution in [0.25, 0.3) is 0 Å². The Hall–Kier alpha value is -0.900. The normalized spacial score (nSPS) is 22.0. The van der Waals surface area contributed by atoms with Gasteiger partial charge in [0.15, 0.2) is 0 Å². The Morgan fingerprint density at radius 1 is 1.21 bits per heavy atom. The van der Waals surface area contributed by atoms with Gasteiger partial charge in [0.2, 0.25) is 0 Å². The largest absolute Gasteiger partial charge is 0.377 e. The molecule has 0 bridgehead atoms. The minimum Gasteiger partial charge on any atom is -0.377 e. The maximum absolute atomic E-state index is 5.78. The molecule has 1 atom stereocenters. The highest BCUT2D eigenvalue weighted by atomic mass is 16.5. The summed E-state index contributed by atoms with van der Waals surface area (Å²) in [7, 11) is 2.20. The molecule has 3 heteroatoms. The lowest BCUT2D eigenvalue weighted by atomic mass is 10.1. The first-order chi connectivity index (χ1) is 9.15. The van der Waals surface area contributed by atoms with Crippen LogP contribution in [-0.2, 0) is 11.3 Å². The summed E-state index contributed by atoms with van der Waals surface area (Å²) in [5.74, 6) is 0. The number of piperazine rings is 1. The average Bonchev–Trinajstić information content (AvgIpc) is 2.40. The summed E-state index contributed by atoms with van der Waals surface area (Å²) in [6.45, 7) is 9.45. The van der Waals surface area contributed by atoms with Crippen molar-refractivity contribution < 1.29 is 4.74 Å².